The van der Waals surface area contributed by atoms with Crippen molar-refractivity contribution in [1.29, 1.82) is 0 Å². The second kappa shape index (κ2) is 7.52. The summed E-state index contributed by atoms with van der Waals surface area (Å²) >= 11 is 4.15. The molecule has 0 aliphatic heterocycles. The maximum atomic E-state index is 12.3. The van der Waals surface area contributed by atoms with E-state index >= 15 is 0 Å². The van der Waals surface area contributed by atoms with Gasteiger partial charge in [-0.1, -0.05) is 11.3 Å². The molecule has 13 heteroatoms. The first kappa shape index (κ1) is 19.1. The number of anilines is 1. The van der Waals surface area contributed by atoms with Crippen molar-refractivity contribution in [3.63, 3.8) is 0 Å². The topological polar surface area (TPSA) is 112 Å². The summed E-state index contributed by atoms with van der Waals surface area (Å²) < 4.78 is 30.8. The van der Waals surface area contributed by atoms with Gasteiger partial charge < -0.3 is 20.2 Å². The molecule has 0 saturated carbocycles. The fraction of sp³-hybridized carbons (Fsp3) is 0.214. The normalized spacial score (nSPS) is 11.1. The van der Waals surface area contributed by atoms with E-state index in [-0.39, 0.29) is 27.7 Å². The Labute approximate surface area is 162 Å². The molecule has 0 unspecified atom stereocenters. The van der Waals surface area contributed by atoms with Gasteiger partial charge in [0.05, 0.1) is 21.0 Å². The van der Waals surface area contributed by atoms with Crippen molar-refractivity contribution >= 4 is 54.3 Å². The van der Waals surface area contributed by atoms with E-state index in [4.69, 9.17) is 0 Å². The van der Waals surface area contributed by atoms with Crippen molar-refractivity contribution in [2.24, 2.45) is 0 Å². The molecule has 3 rings (SSSR count). The smallest absolute Gasteiger partial charge is 0.404 e. The lowest BCUT2D eigenvalue weighted by Gasteiger charge is -2.02. The van der Waals surface area contributed by atoms with E-state index in [0.717, 1.165) is 11.3 Å². The average molecular weight is 462 g/mol. The number of carbonyl (C=O) groups excluding carboxylic acids is 1. The van der Waals surface area contributed by atoms with Gasteiger partial charge in [-0.25, -0.2) is 4.98 Å². The van der Waals surface area contributed by atoms with Crippen molar-refractivity contribution in [2.75, 3.05) is 5.32 Å². The molecule has 0 aliphatic rings. The standard InChI is InChI=1S/C14H10BrF2N5O4S/c1-6-11(15)12(22(24)25)20-21(6)5-10(23)19-14-18-8-3-2-7(26-13(16)17)4-9(8)27-14/h2-4,13H,5H2,1H3,(H,18,19,23). The maximum Gasteiger partial charge on any atom is 0.404 e. The van der Waals surface area contributed by atoms with Gasteiger partial charge in [0, 0.05) is 0 Å². The van der Waals surface area contributed by atoms with Crippen LogP contribution in [0.2, 0.25) is 0 Å². The highest BCUT2D eigenvalue weighted by Crippen LogP contribution is 2.30. The Morgan fingerprint density at radius 1 is 1.52 bits per heavy atom. The summed E-state index contributed by atoms with van der Waals surface area (Å²) in [5, 5.41) is 17.5. The van der Waals surface area contributed by atoms with Crippen molar-refractivity contribution in [2.45, 2.75) is 20.1 Å². The van der Waals surface area contributed by atoms with Crippen LogP contribution in [-0.4, -0.2) is 32.2 Å². The summed E-state index contributed by atoms with van der Waals surface area (Å²) in [5.74, 6) is -0.888. The number of nitrogens with one attached hydrogen (secondary N) is 1. The number of rotatable bonds is 6. The van der Waals surface area contributed by atoms with Gasteiger partial charge in [-0.05, 0) is 46.0 Å². The third kappa shape index (κ3) is 4.19. The molecule has 1 N–H and O–H groups in total. The van der Waals surface area contributed by atoms with Crippen LogP contribution in [0, 0.1) is 17.0 Å². The van der Waals surface area contributed by atoms with E-state index in [9.17, 15) is 23.7 Å². The molecule has 0 aliphatic carbocycles. The fourth-order valence-corrected chi connectivity index (χ4v) is 3.55. The molecule has 0 saturated heterocycles. The summed E-state index contributed by atoms with van der Waals surface area (Å²) in [6, 6.07) is 4.24. The average Bonchev–Trinajstić information content (AvgIpc) is 3.09. The number of aromatic nitrogens is 3. The Balaban J connectivity index is 1.74. The Bertz CT molecular complexity index is 1040. The molecule has 0 fully saturated rings. The van der Waals surface area contributed by atoms with Crippen molar-refractivity contribution in [3.05, 3.63) is 38.5 Å². The fourth-order valence-electron chi connectivity index (χ4n) is 2.21. The van der Waals surface area contributed by atoms with E-state index in [1.165, 1.54) is 22.9 Å². The van der Waals surface area contributed by atoms with Crippen LogP contribution < -0.4 is 10.1 Å². The summed E-state index contributed by atoms with van der Waals surface area (Å²) in [6.45, 7) is -1.61. The molecule has 142 valence electrons. The van der Waals surface area contributed by atoms with Gasteiger partial charge in [0.25, 0.3) is 0 Å². The summed E-state index contributed by atoms with van der Waals surface area (Å²) in [7, 11) is 0. The van der Waals surface area contributed by atoms with Crippen LogP contribution in [0.25, 0.3) is 10.2 Å². The predicted octanol–water partition coefficient (Wildman–Crippen LogP) is 3.71. The number of amides is 1. The van der Waals surface area contributed by atoms with Crippen LogP contribution in [0.3, 0.4) is 0 Å². The molecule has 0 spiro atoms. The second-order valence-corrected chi connectivity index (χ2v) is 7.04. The van der Waals surface area contributed by atoms with Gasteiger partial charge in [0.2, 0.25) is 5.91 Å². The lowest BCUT2D eigenvalue weighted by atomic mass is 10.3. The largest absolute Gasteiger partial charge is 0.435 e. The first-order valence-corrected chi connectivity index (χ1v) is 8.88. The number of fused-ring (bicyclic) bond motifs is 1. The molecule has 27 heavy (non-hydrogen) atoms. The Kier molecular flexibility index (Phi) is 5.32. The zero-order valence-electron chi connectivity index (χ0n) is 13.5. The van der Waals surface area contributed by atoms with Gasteiger partial charge in [-0.2, -0.15) is 13.5 Å². The maximum absolute atomic E-state index is 12.3. The van der Waals surface area contributed by atoms with Crippen LogP contribution in [0.15, 0.2) is 22.7 Å². The highest BCUT2D eigenvalue weighted by atomic mass is 79.9. The molecule has 2 heterocycles. The number of halogens is 3. The number of hydrogen-bond donors (Lipinski definition) is 1. The Morgan fingerprint density at radius 3 is 2.89 bits per heavy atom. The number of ether oxygens (including phenoxy) is 1. The lowest BCUT2D eigenvalue weighted by Crippen LogP contribution is -2.20. The minimum Gasteiger partial charge on any atom is -0.435 e. The van der Waals surface area contributed by atoms with Gasteiger partial charge in [-0.15, -0.1) is 0 Å². The van der Waals surface area contributed by atoms with Gasteiger partial charge >= 0.3 is 12.4 Å². The molecular formula is C14H10BrF2N5O4S. The molecule has 9 nitrogen and oxygen atoms in total. The lowest BCUT2D eigenvalue weighted by molar-refractivity contribution is -0.390. The van der Waals surface area contributed by atoms with Crippen LogP contribution >= 0.6 is 27.3 Å². The predicted molar refractivity (Wildman–Crippen MR) is 96.2 cm³/mol. The SMILES string of the molecule is Cc1c(Br)c([N+](=O)[O-])nn1CC(=O)Nc1nc2ccc(OC(F)F)cc2s1. The van der Waals surface area contributed by atoms with E-state index in [0.29, 0.717) is 15.9 Å². The van der Waals surface area contributed by atoms with E-state index in [2.05, 4.69) is 36.1 Å². The minimum atomic E-state index is -2.93. The molecule has 1 aromatic carbocycles. The molecule has 0 atom stereocenters. The van der Waals surface area contributed by atoms with Crippen LogP contribution in [0.4, 0.5) is 19.7 Å². The highest BCUT2D eigenvalue weighted by Gasteiger charge is 2.24. The first-order valence-electron chi connectivity index (χ1n) is 7.27. The molecule has 3 aromatic rings. The number of alkyl halides is 2. The number of nitro groups is 1. The molecular weight excluding hydrogens is 452 g/mol. The number of thiazole rings is 1. The van der Waals surface area contributed by atoms with Crippen LogP contribution in [0.5, 0.6) is 5.75 Å². The Morgan fingerprint density at radius 2 is 2.26 bits per heavy atom. The van der Waals surface area contributed by atoms with Gasteiger partial charge in [0.1, 0.15) is 16.8 Å². The van der Waals surface area contributed by atoms with E-state index in [1.807, 2.05) is 0 Å². The molecule has 1 amide bonds. The second-order valence-electron chi connectivity index (χ2n) is 5.21. The molecule has 0 radical (unpaired) electrons. The zero-order valence-corrected chi connectivity index (χ0v) is 15.9. The van der Waals surface area contributed by atoms with E-state index < -0.39 is 17.4 Å². The first-order chi connectivity index (χ1) is 12.7. The number of carbonyl (C=O) groups is 1. The van der Waals surface area contributed by atoms with Crippen LogP contribution in [-0.2, 0) is 11.3 Å². The van der Waals surface area contributed by atoms with Crippen molar-refractivity contribution in [3.8, 4) is 5.75 Å². The molecule has 2 aromatic heterocycles. The minimum absolute atomic E-state index is 0.0108. The number of nitrogens with zero attached hydrogens (tertiary/aromatic N) is 4. The third-order valence-corrected chi connectivity index (χ3v) is 5.28. The molecule has 0 bridgehead atoms. The zero-order chi connectivity index (χ0) is 19.7. The van der Waals surface area contributed by atoms with Crippen molar-refractivity contribution in [1.82, 2.24) is 14.8 Å². The van der Waals surface area contributed by atoms with Crippen molar-refractivity contribution < 1.29 is 23.2 Å². The van der Waals surface area contributed by atoms with Gasteiger partial charge in [-0.3, -0.25) is 4.79 Å². The Hall–Kier alpha value is -2.67. The third-order valence-electron chi connectivity index (χ3n) is 3.41. The number of hydrogen-bond acceptors (Lipinski definition) is 7. The summed E-state index contributed by atoms with van der Waals surface area (Å²) in [6.07, 6.45) is 0. The monoisotopic (exact) mass is 461 g/mol. The summed E-state index contributed by atoms with van der Waals surface area (Å²) in [5.41, 5.74) is 0.931. The van der Waals surface area contributed by atoms with Gasteiger partial charge in [0.15, 0.2) is 5.13 Å². The summed E-state index contributed by atoms with van der Waals surface area (Å²) in [4.78, 5) is 26.6. The van der Waals surface area contributed by atoms with Crippen LogP contribution in [0.1, 0.15) is 5.69 Å². The quantitative estimate of drug-likeness (QED) is 0.442. The highest BCUT2D eigenvalue weighted by molar-refractivity contribution is 9.10. The number of benzene rings is 1. The van der Waals surface area contributed by atoms with E-state index in [1.54, 1.807) is 6.92 Å².